The van der Waals surface area contributed by atoms with Crippen LogP contribution < -0.4 is 21.3 Å². The summed E-state index contributed by atoms with van der Waals surface area (Å²) in [5.74, 6) is 0.145. The number of anilines is 1. The average Bonchev–Trinajstić information content (AvgIpc) is 2.75. The van der Waals surface area contributed by atoms with Crippen molar-refractivity contribution in [1.29, 1.82) is 0 Å². The van der Waals surface area contributed by atoms with E-state index in [1.54, 1.807) is 24.3 Å². The van der Waals surface area contributed by atoms with Crippen molar-refractivity contribution in [2.45, 2.75) is 4.90 Å². The summed E-state index contributed by atoms with van der Waals surface area (Å²) in [5, 5.41) is 6.18. The molecule has 0 bridgehead atoms. The number of nitrogens with two attached hydrogens (primary N) is 2. The second kappa shape index (κ2) is 8.06. The van der Waals surface area contributed by atoms with Crippen LogP contribution in [0.3, 0.4) is 0 Å². The maximum absolute atomic E-state index is 13.1. The molecule has 0 saturated carbocycles. The van der Waals surface area contributed by atoms with Crippen molar-refractivity contribution in [3.8, 4) is 22.5 Å². The van der Waals surface area contributed by atoms with Crippen molar-refractivity contribution in [1.82, 2.24) is 14.7 Å². The molecule has 2 aromatic heterocycles. The maximum Gasteiger partial charge on any atom is 0.292 e. The molecular weight excluding hydrogens is 477 g/mol. The highest BCUT2D eigenvalue weighted by atomic mass is 35.5. The summed E-state index contributed by atoms with van der Waals surface area (Å²) in [6, 6.07) is 12.0. The number of benzene rings is 2. The number of rotatable bonds is 4. The van der Waals surface area contributed by atoms with Gasteiger partial charge in [0.05, 0.1) is 25.9 Å². The highest BCUT2D eigenvalue weighted by Crippen LogP contribution is 2.30. The van der Waals surface area contributed by atoms with Crippen LogP contribution in [0.25, 0.3) is 33.5 Å². The molecule has 164 valence electrons. The van der Waals surface area contributed by atoms with E-state index in [0.717, 1.165) is 4.73 Å². The number of fused-ring (bicyclic) bond motifs is 1. The van der Waals surface area contributed by atoms with Gasteiger partial charge in [-0.25, -0.2) is 23.5 Å². The Bertz CT molecular complexity index is 1550. The van der Waals surface area contributed by atoms with E-state index in [1.807, 2.05) is 0 Å². The van der Waals surface area contributed by atoms with Gasteiger partial charge in [0.1, 0.15) is 12.9 Å². The molecule has 32 heavy (non-hydrogen) atoms. The fourth-order valence-corrected chi connectivity index (χ4v) is 4.02. The van der Waals surface area contributed by atoms with E-state index in [0.29, 0.717) is 21.5 Å². The number of hydrogen-bond donors (Lipinski definition) is 2. The molecule has 0 unspecified atom stereocenters. The second-order valence-electron chi connectivity index (χ2n) is 6.71. The van der Waals surface area contributed by atoms with E-state index < -0.39 is 15.6 Å². The van der Waals surface area contributed by atoms with E-state index in [-0.39, 0.29) is 32.8 Å². The topological polar surface area (TPSA) is 143 Å². The molecule has 0 saturated heterocycles. The lowest BCUT2D eigenvalue weighted by Crippen LogP contribution is -2.27. The number of aromatic nitrogens is 3. The van der Waals surface area contributed by atoms with Gasteiger partial charge in [0.2, 0.25) is 10.0 Å². The summed E-state index contributed by atoms with van der Waals surface area (Å²) in [4.78, 5) is 27.0. The Hall–Kier alpha value is -3.18. The molecule has 0 aliphatic carbocycles. The minimum Gasteiger partial charge on any atom is -0.412 e. The maximum atomic E-state index is 13.1. The van der Waals surface area contributed by atoms with E-state index in [9.17, 15) is 13.2 Å². The lowest BCUT2D eigenvalue weighted by atomic mass is 10.1. The fourth-order valence-electron chi connectivity index (χ4n) is 3.16. The van der Waals surface area contributed by atoms with Crippen LogP contribution in [0.2, 0.25) is 10.0 Å². The summed E-state index contributed by atoms with van der Waals surface area (Å²) in [7, 11) is -2.63. The van der Waals surface area contributed by atoms with E-state index in [2.05, 4.69) is 9.97 Å². The van der Waals surface area contributed by atoms with Gasteiger partial charge in [0.25, 0.3) is 5.56 Å². The number of nitrogen functional groups attached to an aromatic ring is 1. The van der Waals surface area contributed by atoms with E-state index in [1.165, 1.54) is 31.4 Å². The normalized spacial score (nSPS) is 11.6. The molecule has 9 nitrogen and oxygen atoms in total. The van der Waals surface area contributed by atoms with Crippen LogP contribution in [0.15, 0.2) is 58.2 Å². The van der Waals surface area contributed by atoms with Crippen LogP contribution in [0, 0.1) is 0 Å². The lowest BCUT2D eigenvalue weighted by Gasteiger charge is -2.13. The third-order valence-corrected chi connectivity index (χ3v) is 6.33. The monoisotopic (exact) mass is 491 g/mol. The predicted molar refractivity (Wildman–Crippen MR) is 123 cm³/mol. The van der Waals surface area contributed by atoms with Gasteiger partial charge in [-0.2, -0.15) is 0 Å². The zero-order valence-corrected chi connectivity index (χ0v) is 18.7. The molecule has 0 aliphatic heterocycles. The first-order valence-corrected chi connectivity index (χ1v) is 11.3. The number of primary sulfonamides is 1. The van der Waals surface area contributed by atoms with Gasteiger partial charge in [-0.15, -0.1) is 4.73 Å². The van der Waals surface area contributed by atoms with E-state index >= 15 is 0 Å². The Morgan fingerprint density at radius 1 is 1.00 bits per heavy atom. The van der Waals surface area contributed by atoms with Crippen LogP contribution >= 0.6 is 23.2 Å². The molecule has 4 aromatic rings. The first kappa shape index (κ1) is 22.0. The van der Waals surface area contributed by atoms with Crippen LogP contribution in [0.5, 0.6) is 0 Å². The van der Waals surface area contributed by atoms with Crippen molar-refractivity contribution in [3.63, 3.8) is 0 Å². The number of pyridine rings is 1. The van der Waals surface area contributed by atoms with Gasteiger partial charge in [-0.05, 0) is 35.9 Å². The van der Waals surface area contributed by atoms with Crippen LogP contribution in [-0.4, -0.2) is 30.2 Å². The standard InChI is InChI=1S/C20H15Cl2N5O4S/c1-31-27-19-14(9-13(20(27)28)10-5-6-15(21)16(22)8-10)17(23)25-18(26-19)11-3-2-4-12(7-11)32(24,29)30/h2-9H,1H3,(H2,23,25,26)(H2,24,29,30). The Morgan fingerprint density at radius 2 is 1.75 bits per heavy atom. The van der Waals surface area contributed by atoms with Crippen LogP contribution in [0.4, 0.5) is 5.82 Å². The quantitative estimate of drug-likeness (QED) is 0.446. The van der Waals surface area contributed by atoms with Crippen molar-refractivity contribution in [3.05, 3.63) is 68.9 Å². The van der Waals surface area contributed by atoms with E-state index in [4.69, 9.17) is 38.9 Å². The number of hydrogen-bond acceptors (Lipinski definition) is 7. The molecule has 0 fully saturated rings. The SMILES string of the molecule is COn1c(=O)c(-c2ccc(Cl)c(Cl)c2)cc2c(N)nc(-c3cccc(S(N)(=O)=O)c3)nc21. The number of nitrogens with zero attached hydrogens (tertiary/aromatic N) is 3. The Labute approximate surface area is 192 Å². The largest absolute Gasteiger partial charge is 0.412 e. The van der Waals surface area contributed by atoms with Crippen LogP contribution in [0.1, 0.15) is 0 Å². The van der Waals surface area contributed by atoms with Gasteiger partial charge in [-0.3, -0.25) is 4.79 Å². The fraction of sp³-hybridized carbons (Fsp3) is 0.0500. The molecule has 2 heterocycles. The Morgan fingerprint density at radius 3 is 2.41 bits per heavy atom. The third kappa shape index (κ3) is 3.89. The Balaban J connectivity index is 1.98. The number of halogens is 2. The number of sulfonamides is 1. The minimum atomic E-state index is -3.94. The first-order chi connectivity index (χ1) is 15.1. The van der Waals surface area contributed by atoms with Gasteiger partial charge >= 0.3 is 0 Å². The molecular formula is C20H15Cl2N5O4S. The third-order valence-electron chi connectivity index (χ3n) is 4.68. The predicted octanol–water partition coefficient (Wildman–Crippen LogP) is 2.72. The summed E-state index contributed by atoms with van der Waals surface area (Å²) in [6.45, 7) is 0. The molecule has 0 aliphatic rings. The van der Waals surface area contributed by atoms with Crippen molar-refractivity contribution in [2.24, 2.45) is 5.14 Å². The first-order valence-electron chi connectivity index (χ1n) is 8.96. The van der Waals surface area contributed by atoms with Crippen molar-refractivity contribution in [2.75, 3.05) is 12.8 Å². The highest BCUT2D eigenvalue weighted by molar-refractivity contribution is 7.89. The summed E-state index contributed by atoms with van der Waals surface area (Å²) in [5.41, 5.74) is 6.86. The van der Waals surface area contributed by atoms with Crippen LogP contribution in [-0.2, 0) is 10.0 Å². The smallest absolute Gasteiger partial charge is 0.292 e. The summed E-state index contributed by atoms with van der Waals surface area (Å²) < 4.78 is 24.3. The molecule has 12 heteroatoms. The van der Waals surface area contributed by atoms with Gasteiger partial charge in [0.15, 0.2) is 11.5 Å². The minimum absolute atomic E-state index is 0.0538. The van der Waals surface area contributed by atoms with Gasteiger partial charge in [-0.1, -0.05) is 41.4 Å². The highest BCUT2D eigenvalue weighted by Gasteiger charge is 2.18. The zero-order valence-electron chi connectivity index (χ0n) is 16.4. The molecule has 4 N–H and O–H groups in total. The molecule has 2 aromatic carbocycles. The molecule has 0 amide bonds. The van der Waals surface area contributed by atoms with Gasteiger partial charge < -0.3 is 10.6 Å². The van der Waals surface area contributed by atoms with Gasteiger partial charge in [0, 0.05) is 5.56 Å². The molecule has 0 spiro atoms. The Kier molecular flexibility index (Phi) is 5.55. The summed E-state index contributed by atoms with van der Waals surface area (Å²) in [6.07, 6.45) is 0. The van der Waals surface area contributed by atoms with Crippen molar-refractivity contribution >= 4 is 50.1 Å². The lowest BCUT2D eigenvalue weighted by molar-refractivity contribution is 0.168. The average molecular weight is 492 g/mol. The molecule has 0 atom stereocenters. The zero-order chi connectivity index (χ0) is 23.2. The summed E-state index contributed by atoms with van der Waals surface area (Å²) >= 11 is 12.1. The molecule has 4 rings (SSSR count). The second-order valence-corrected chi connectivity index (χ2v) is 9.09. The molecule has 0 radical (unpaired) electrons. The van der Waals surface area contributed by atoms with Crippen molar-refractivity contribution < 1.29 is 13.3 Å².